The molecule has 160 valence electrons. The van der Waals surface area contributed by atoms with E-state index >= 15 is 0 Å². The molecule has 3 aliphatic rings. The number of imide groups is 1. The number of hydrogen-bond acceptors (Lipinski definition) is 5. The van der Waals surface area contributed by atoms with Crippen molar-refractivity contribution >= 4 is 23.3 Å². The van der Waals surface area contributed by atoms with Gasteiger partial charge in [-0.15, -0.1) is 0 Å². The number of aromatic nitrogens is 3. The molecule has 2 aliphatic carbocycles. The van der Waals surface area contributed by atoms with Gasteiger partial charge in [-0.05, 0) is 43.0 Å². The van der Waals surface area contributed by atoms with Gasteiger partial charge in [0.2, 0.25) is 11.8 Å². The Kier molecular flexibility index (Phi) is 3.58. The van der Waals surface area contributed by atoms with Crippen molar-refractivity contribution in [2.24, 2.45) is 22.7 Å². The molecule has 1 aliphatic heterocycles. The van der Waals surface area contributed by atoms with Crippen LogP contribution in [0, 0.1) is 29.6 Å². The third-order valence-corrected chi connectivity index (χ3v) is 7.55. The van der Waals surface area contributed by atoms with Crippen LogP contribution in [0.25, 0.3) is 5.82 Å². The molecule has 7 heteroatoms. The van der Waals surface area contributed by atoms with Gasteiger partial charge < -0.3 is 0 Å². The Labute approximate surface area is 185 Å². The van der Waals surface area contributed by atoms with Crippen molar-refractivity contribution in [2.75, 3.05) is 4.90 Å². The van der Waals surface area contributed by atoms with Crippen LogP contribution in [0.5, 0.6) is 0 Å². The monoisotopic (exact) mass is 426 g/mol. The molecule has 2 aromatic heterocycles. The second-order valence-electron chi connectivity index (χ2n) is 9.57. The highest BCUT2D eigenvalue weighted by atomic mass is 16.2. The number of carbonyl (C=O) groups is 3. The summed E-state index contributed by atoms with van der Waals surface area (Å²) in [6, 6.07) is 14.5. The van der Waals surface area contributed by atoms with Gasteiger partial charge >= 0.3 is 0 Å². The minimum atomic E-state index is -1.01. The van der Waals surface area contributed by atoms with Crippen LogP contribution in [0.15, 0.2) is 54.7 Å². The summed E-state index contributed by atoms with van der Waals surface area (Å²) in [7, 11) is 0. The van der Waals surface area contributed by atoms with E-state index in [0.717, 1.165) is 5.69 Å². The van der Waals surface area contributed by atoms with Gasteiger partial charge in [0.1, 0.15) is 0 Å². The molecule has 1 saturated carbocycles. The summed E-state index contributed by atoms with van der Waals surface area (Å²) in [5.74, 6) is -1.27. The predicted octanol–water partition coefficient (Wildman–Crippen LogP) is 3.15. The van der Waals surface area contributed by atoms with E-state index in [-0.39, 0.29) is 17.6 Å². The van der Waals surface area contributed by atoms with Crippen LogP contribution in [0.3, 0.4) is 0 Å². The third-order valence-electron chi connectivity index (χ3n) is 7.55. The number of amides is 2. The Morgan fingerprint density at radius 1 is 0.938 bits per heavy atom. The number of nitrogens with zero attached hydrogens (tertiary/aromatic N) is 4. The molecule has 2 atom stereocenters. The molecule has 7 nitrogen and oxygen atoms in total. The molecule has 3 heterocycles. The second-order valence-corrected chi connectivity index (χ2v) is 9.57. The van der Waals surface area contributed by atoms with E-state index in [2.05, 4.69) is 10.1 Å². The number of benzene rings is 1. The number of piperidine rings is 1. The first-order chi connectivity index (χ1) is 15.3. The van der Waals surface area contributed by atoms with Gasteiger partial charge in [-0.1, -0.05) is 38.1 Å². The van der Waals surface area contributed by atoms with Crippen LogP contribution in [-0.2, 0) is 16.0 Å². The van der Waals surface area contributed by atoms with Crippen molar-refractivity contribution in [3.8, 4) is 5.82 Å². The lowest BCUT2D eigenvalue weighted by Crippen LogP contribution is -2.49. The summed E-state index contributed by atoms with van der Waals surface area (Å²) in [5, 5.41) is 4.62. The van der Waals surface area contributed by atoms with E-state index < -0.39 is 22.7 Å². The maximum atomic E-state index is 14.0. The Morgan fingerprint density at radius 3 is 2.22 bits per heavy atom. The van der Waals surface area contributed by atoms with Gasteiger partial charge in [-0.3, -0.25) is 14.4 Å². The number of hydrogen-bond donors (Lipinski definition) is 0. The summed E-state index contributed by atoms with van der Waals surface area (Å²) in [6.45, 7) is 5.79. The largest absolute Gasteiger partial charge is 0.293 e. The Balaban J connectivity index is 1.46. The maximum absolute atomic E-state index is 14.0. The summed E-state index contributed by atoms with van der Waals surface area (Å²) >= 11 is 0. The van der Waals surface area contributed by atoms with E-state index in [9.17, 15) is 14.4 Å². The average molecular weight is 426 g/mol. The van der Waals surface area contributed by atoms with Gasteiger partial charge in [0.25, 0.3) is 0 Å². The highest BCUT2D eigenvalue weighted by molar-refractivity contribution is 6.30. The summed E-state index contributed by atoms with van der Waals surface area (Å²) in [5.41, 5.74) is 0.908. The van der Waals surface area contributed by atoms with Crippen molar-refractivity contribution in [3.63, 3.8) is 0 Å². The molecule has 2 amide bonds. The smallest absolute Gasteiger partial charge is 0.238 e. The molecular weight excluding hydrogens is 404 g/mol. The lowest BCUT2D eigenvalue weighted by atomic mass is 9.62. The van der Waals surface area contributed by atoms with Crippen LogP contribution in [0.4, 0.5) is 5.69 Å². The molecule has 0 radical (unpaired) electrons. The van der Waals surface area contributed by atoms with Crippen molar-refractivity contribution in [3.05, 3.63) is 71.7 Å². The molecule has 1 spiro atoms. The summed E-state index contributed by atoms with van der Waals surface area (Å²) in [4.78, 5) is 46.5. The van der Waals surface area contributed by atoms with Gasteiger partial charge in [-0.2, -0.15) is 5.10 Å². The number of aryl methyl sites for hydroxylation is 1. The first-order valence-electron chi connectivity index (χ1n) is 10.8. The number of carbonyl (C=O) groups excluding carboxylic acids is 3. The van der Waals surface area contributed by atoms with Crippen LogP contribution < -0.4 is 4.90 Å². The number of para-hydroxylation sites is 1. The second kappa shape index (κ2) is 6.00. The molecule has 0 bridgehead atoms. The van der Waals surface area contributed by atoms with Gasteiger partial charge in [0, 0.05) is 6.20 Å². The number of fused-ring (bicyclic) bond motifs is 4. The van der Waals surface area contributed by atoms with E-state index in [1.807, 2.05) is 38.1 Å². The lowest BCUT2D eigenvalue weighted by Gasteiger charge is -2.41. The van der Waals surface area contributed by atoms with Crippen molar-refractivity contribution in [1.29, 1.82) is 0 Å². The zero-order valence-electron chi connectivity index (χ0n) is 18.1. The number of ketones is 1. The fourth-order valence-electron chi connectivity index (χ4n) is 6.19. The fraction of sp³-hybridized carbons (Fsp3) is 0.320. The molecule has 2 fully saturated rings. The Hall–Kier alpha value is -3.61. The highest BCUT2D eigenvalue weighted by Crippen LogP contribution is 2.75. The zero-order valence-corrected chi connectivity index (χ0v) is 18.1. The fourth-order valence-corrected chi connectivity index (χ4v) is 6.19. The normalized spacial score (nSPS) is 27.6. The summed E-state index contributed by atoms with van der Waals surface area (Å²) < 4.78 is 1.73. The Morgan fingerprint density at radius 2 is 1.59 bits per heavy atom. The molecule has 2 unspecified atom stereocenters. The quantitative estimate of drug-likeness (QED) is 0.588. The van der Waals surface area contributed by atoms with Gasteiger partial charge in [0.15, 0.2) is 11.6 Å². The molecule has 0 N–H and O–H groups in total. The topological polar surface area (TPSA) is 85.2 Å². The van der Waals surface area contributed by atoms with Crippen molar-refractivity contribution < 1.29 is 14.4 Å². The predicted molar refractivity (Wildman–Crippen MR) is 116 cm³/mol. The zero-order chi connectivity index (χ0) is 22.4. The first kappa shape index (κ1) is 19.1. The Bertz CT molecular complexity index is 1290. The molecule has 6 rings (SSSR count). The van der Waals surface area contributed by atoms with Gasteiger partial charge in [-0.25, -0.2) is 14.6 Å². The van der Waals surface area contributed by atoms with Crippen LogP contribution >= 0.6 is 0 Å². The van der Waals surface area contributed by atoms with Crippen LogP contribution in [0.2, 0.25) is 0 Å². The number of Topliss-reactive ketones (excluding diaryl/α,β-unsaturated/α-hetero) is 1. The third kappa shape index (κ3) is 2.08. The molecule has 1 saturated heterocycles. The minimum absolute atomic E-state index is 0.132. The van der Waals surface area contributed by atoms with Crippen molar-refractivity contribution in [1.82, 2.24) is 14.8 Å². The average Bonchev–Trinajstić information content (AvgIpc) is 3.30. The first-order valence-corrected chi connectivity index (χ1v) is 10.8. The van der Waals surface area contributed by atoms with E-state index in [0.29, 0.717) is 29.2 Å². The van der Waals surface area contributed by atoms with Gasteiger partial charge in [0.05, 0.1) is 39.9 Å². The van der Waals surface area contributed by atoms with E-state index in [4.69, 9.17) is 0 Å². The van der Waals surface area contributed by atoms with E-state index in [1.54, 1.807) is 42.1 Å². The maximum Gasteiger partial charge on any atom is 0.238 e. The molecular formula is C25H22N4O3. The molecule has 1 aromatic carbocycles. The number of rotatable bonds is 2. The number of anilines is 1. The number of pyridine rings is 1. The standard InChI is InChI=1S/C25H22N4O3/c1-14-18-16(29(27-14)17-11-7-8-12-26-17)13-24(2,3)25(21(18)30)19-20(25)23(32)28(22(19)31)15-9-5-4-6-10-15/h4-12,19-20H,13H2,1-3H3. The molecule has 3 aromatic rings. The van der Waals surface area contributed by atoms with Crippen LogP contribution in [0.1, 0.15) is 35.6 Å². The summed E-state index contributed by atoms with van der Waals surface area (Å²) in [6.07, 6.45) is 2.22. The SMILES string of the molecule is Cc1nn(-c2ccccn2)c2c1C(=O)C1(C3C(=O)N(c4ccccc4)C(=O)C31)C(C)(C)C2. The van der Waals surface area contributed by atoms with Crippen molar-refractivity contribution in [2.45, 2.75) is 27.2 Å². The minimum Gasteiger partial charge on any atom is -0.293 e. The highest BCUT2D eigenvalue weighted by Gasteiger charge is 2.85. The molecule has 32 heavy (non-hydrogen) atoms. The lowest BCUT2D eigenvalue weighted by molar-refractivity contribution is -0.126. The van der Waals surface area contributed by atoms with E-state index in [1.165, 1.54) is 4.90 Å². The van der Waals surface area contributed by atoms with Crippen LogP contribution in [-0.4, -0.2) is 32.4 Å².